The van der Waals surface area contributed by atoms with E-state index >= 15 is 0 Å². The van der Waals surface area contributed by atoms with Crippen LogP contribution in [0.4, 0.5) is 17.1 Å². The molecule has 0 amide bonds. The first-order chi connectivity index (χ1) is 17.2. The summed E-state index contributed by atoms with van der Waals surface area (Å²) in [7, 11) is 0. The summed E-state index contributed by atoms with van der Waals surface area (Å²) in [6.45, 7) is 0. The van der Waals surface area contributed by atoms with Gasteiger partial charge in [-0.3, -0.25) is 0 Å². The monoisotopic (exact) mass is 490 g/mol. The highest BCUT2D eigenvalue weighted by Crippen LogP contribution is 2.39. The zero-order valence-electron chi connectivity index (χ0n) is 18.7. The number of anilines is 3. The maximum absolute atomic E-state index is 6.17. The number of halogens is 2. The van der Waals surface area contributed by atoms with Gasteiger partial charge in [-0.25, -0.2) is 4.98 Å². The molecular formula is C31H20Cl2N2. The first-order valence-electron chi connectivity index (χ1n) is 11.4. The molecule has 0 radical (unpaired) electrons. The summed E-state index contributed by atoms with van der Waals surface area (Å²) >= 11 is 12.3. The average molecular weight is 491 g/mol. The number of hydrogen-bond acceptors (Lipinski definition) is 2. The third-order valence-corrected chi connectivity index (χ3v) is 6.68. The number of benzene rings is 5. The van der Waals surface area contributed by atoms with Crippen LogP contribution in [0.15, 0.2) is 121 Å². The van der Waals surface area contributed by atoms with Crippen molar-refractivity contribution >= 4 is 62.1 Å². The Kier molecular flexibility index (Phi) is 5.61. The average Bonchev–Trinajstić information content (AvgIpc) is 2.90. The third kappa shape index (κ3) is 4.12. The van der Waals surface area contributed by atoms with E-state index in [1.807, 2.05) is 60.7 Å². The molecule has 0 spiro atoms. The number of nitrogens with zero attached hydrogens (tertiary/aromatic N) is 2. The number of pyridine rings is 1. The molecule has 4 heteroatoms. The predicted molar refractivity (Wildman–Crippen MR) is 149 cm³/mol. The van der Waals surface area contributed by atoms with Gasteiger partial charge in [-0.1, -0.05) is 71.7 Å². The second kappa shape index (κ2) is 9.07. The molecule has 35 heavy (non-hydrogen) atoms. The molecule has 0 N–H and O–H groups in total. The maximum Gasteiger partial charge on any atom is 0.0715 e. The van der Waals surface area contributed by atoms with Crippen LogP contribution in [0.3, 0.4) is 0 Å². The molecule has 2 nitrogen and oxygen atoms in total. The molecule has 5 aromatic carbocycles. The molecule has 0 saturated heterocycles. The van der Waals surface area contributed by atoms with Crippen molar-refractivity contribution in [2.45, 2.75) is 0 Å². The van der Waals surface area contributed by atoms with Crippen LogP contribution in [0.1, 0.15) is 0 Å². The zero-order valence-corrected chi connectivity index (χ0v) is 20.2. The SMILES string of the molecule is Clc1ccc(N(c2ccc(Cl)cc2)c2ccc(-c3c4ccccc4nc4ccccc34)cc2)cc1. The normalized spacial score (nSPS) is 11.1. The smallest absolute Gasteiger partial charge is 0.0715 e. The number of para-hydroxylation sites is 2. The molecule has 0 bridgehead atoms. The molecule has 0 atom stereocenters. The molecule has 1 aromatic heterocycles. The molecule has 168 valence electrons. The van der Waals surface area contributed by atoms with Crippen molar-refractivity contribution in [2.75, 3.05) is 4.90 Å². The van der Waals surface area contributed by atoms with Gasteiger partial charge in [0.1, 0.15) is 0 Å². The molecule has 0 fully saturated rings. The van der Waals surface area contributed by atoms with Crippen LogP contribution in [-0.2, 0) is 0 Å². The Morgan fingerprint density at radius 3 is 1.31 bits per heavy atom. The van der Waals surface area contributed by atoms with Gasteiger partial charge in [0.2, 0.25) is 0 Å². The van der Waals surface area contributed by atoms with Crippen LogP contribution < -0.4 is 4.90 Å². The Labute approximate surface area is 214 Å². The number of fused-ring (bicyclic) bond motifs is 2. The quantitative estimate of drug-likeness (QED) is 0.228. The van der Waals surface area contributed by atoms with Gasteiger partial charge in [0.15, 0.2) is 0 Å². The minimum atomic E-state index is 0.705. The summed E-state index contributed by atoms with van der Waals surface area (Å²) in [5.41, 5.74) is 7.41. The molecule has 1 heterocycles. The van der Waals surface area contributed by atoms with Gasteiger partial charge < -0.3 is 4.90 Å². The van der Waals surface area contributed by atoms with Crippen LogP contribution in [0.2, 0.25) is 10.0 Å². The third-order valence-electron chi connectivity index (χ3n) is 6.17. The van der Waals surface area contributed by atoms with E-state index in [2.05, 4.69) is 65.6 Å². The fourth-order valence-electron chi connectivity index (χ4n) is 4.56. The maximum atomic E-state index is 6.17. The van der Waals surface area contributed by atoms with Gasteiger partial charge in [-0.15, -0.1) is 0 Å². The lowest BCUT2D eigenvalue weighted by atomic mass is 9.96. The molecule has 6 aromatic rings. The molecule has 0 aliphatic rings. The minimum Gasteiger partial charge on any atom is -0.311 e. The fourth-order valence-corrected chi connectivity index (χ4v) is 4.81. The van der Waals surface area contributed by atoms with Gasteiger partial charge in [0.25, 0.3) is 0 Å². The Balaban J connectivity index is 1.51. The summed E-state index contributed by atoms with van der Waals surface area (Å²) in [4.78, 5) is 7.07. The Morgan fingerprint density at radius 2 is 0.857 bits per heavy atom. The highest BCUT2D eigenvalue weighted by molar-refractivity contribution is 6.31. The van der Waals surface area contributed by atoms with E-state index in [4.69, 9.17) is 28.2 Å². The summed E-state index contributed by atoms with van der Waals surface area (Å²) in [6, 6.07) is 41.0. The van der Waals surface area contributed by atoms with Gasteiger partial charge in [-0.05, 0) is 78.4 Å². The molecule has 0 aliphatic carbocycles. The summed E-state index contributed by atoms with van der Waals surface area (Å²) in [6.07, 6.45) is 0. The molecule has 0 aliphatic heterocycles. The first kappa shape index (κ1) is 21.7. The van der Waals surface area contributed by atoms with Gasteiger partial charge in [0.05, 0.1) is 11.0 Å². The summed E-state index contributed by atoms with van der Waals surface area (Å²) < 4.78 is 0. The summed E-state index contributed by atoms with van der Waals surface area (Å²) in [5, 5.41) is 3.70. The number of aromatic nitrogens is 1. The fraction of sp³-hybridized carbons (Fsp3) is 0. The Bertz CT molecular complexity index is 1540. The van der Waals surface area contributed by atoms with E-state index < -0.39 is 0 Å². The molecular weight excluding hydrogens is 471 g/mol. The lowest BCUT2D eigenvalue weighted by molar-refractivity contribution is 1.28. The molecule has 6 rings (SSSR count). The van der Waals surface area contributed by atoms with Gasteiger partial charge in [0, 0.05) is 43.4 Å². The topological polar surface area (TPSA) is 16.1 Å². The molecule has 0 saturated carbocycles. The van der Waals surface area contributed by atoms with Crippen molar-refractivity contribution in [3.8, 4) is 11.1 Å². The standard InChI is InChI=1S/C31H20Cl2N2/c32-22-11-17-25(18-12-22)35(26-19-13-23(33)14-20-26)24-15-9-21(10-16-24)31-27-5-1-3-7-29(27)34-30-8-4-2-6-28(30)31/h1-20H. The van der Waals surface area contributed by atoms with Crippen molar-refractivity contribution in [3.63, 3.8) is 0 Å². The second-order valence-electron chi connectivity index (χ2n) is 8.36. The van der Waals surface area contributed by atoms with E-state index in [-0.39, 0.29) is 0 Å². The van der Waals surface area contributed by atoms with E-state index in [9.17, 15) is 0 Å². The van der Waals surface area contributed by atoms with E-state index in [1.165, 1.54) is 5.56 Å². The van der Waals surface area contributed by atoms with E-state index in [0.29, 0.717) is 10.0 Å². The predicted octanol–water partition coefficient (Wildman–Crippen LogP) is 9.83. The van der Waals surface area contributed by atoms with Crippen LogP contribution >= 0.6 is 23.2 Å². The van der Waals surface area contributed by atoms with E-state index in [1.54, 1.807) is 0 Å². The lowest BCUT2D eigenvalue weighted by Crippen LogP contribution is -2.09. The van der Waals surface area contributed by atoms with Gasteiger partial charge in [-0.2, -0.15) is 0 Å². The van der Waals surface area contributed by atoms with Crippen molar-refractivity contribution < 1.29 is 0 Å². The highest BCUT2D eigenvalue weighted by Gasteiger charge is 2.15. The Morgan fingerprint density at radius 1 is 0.457 bits per heavy atom. The number of hydrogen-bond donors (Lipinski definition) is 0. The van der Waals surface area contributed by atoms with E-state index in [0.717, 1.165) is 44.4 Å². The largest absolute Gasteiger partial charge is 0.311 e. The van der Waals surface area contributed by atoms with Crippen molar-refractivity contribution in [1.29, 1.82) is 0 Å². The second-order valence-corrected chi connectivity index (χ2v) is 9.23. The van der Waals surface area contributed by atoms with Crippen LogP contribution in [0.25, 0.3) is 32.9 Å². The van der Waals surface area contributed by atoms with Crippen molar-refractivity contribution in [3.05, 3.63) is 131 Å². The van der Waals surface area contributed by atoms with Gasteiger partial charge >= 0.3 is 0 Å². The van der Waals surface area contributed by atoms with Crippen LogP contribution in [-0.4, -0.2) is 4.98 Å². The highest BCUT2D eigenvalue weighted by atomic mass is 35.5. The van der Waals surface area contributed by atoms with Crippen molar-refractivity contribution in [1.82, 2.24) is 4.98 Å². The Hall–Kier alpha value is -3.85. The van der Waals surface area contributed by atoms with Crippen LogP contribution in [0.5, 0.6) is 0 Å². The first-order valence-corrected chi connectivity index (χ1v) is 12.1. The van der Waals surface area contributed by atoms with Crippen LogP contribution in [0, 0.1) is 0 Å². The lowest BCUT2D eigenvalue weighted by Gasteiger charge is -2.26. The summed E-state index contributed by atoms with van der Waals surface area (Å²) in [5.74, 6) is 0. The molecule has 0 unspecified atom stereocenters. The minimum absolute atomic E-state index is 0.705. The number of rotatable bonds is 4. The van der Waals surface area contributed by atoms with Crippen molar-refractivity contribution in [2.24, 2.45) is 0 Å². The zero-order chi connectivity index (χ0) is 23.8.